The fourth-order valence-corrected chi connectivity index (χ4v) is 4.29. The minimum atomic E-state index is -0.575. The fraction of sp³-hybridized carbons (Fsp3) is 0.583. The van der Waals surface area contributed by atoms with Crippen LogP contribution in [0.25, 0.3) is 0 Å². The van der Waals surface area contributed by atoms with Crippen molar-refractivity contribution >= 4 is 29.8 Å². The summed E-state index contributed by atoms with van der Waals surface area (Å²) < 4.78 is 10.5. The quantitative estimate of drug-likeness (QED) is 0.546. The molecule has 2 aliphatic heterocycles. The number of amides is 1. The second kappa shape index (κ2) is 10.7. The molecule has 3 N–H and O–H groups in total. The molecule has 13 heteroatoms. The predicted molar refractivity (Wildman–Crippen MR) is 135 cm³/mol. The highest BCUT2D eigenvalue weighted by molar-refractivity contribution is 5.93. The van der Waals surface area contributed by atoms with Gasteiger partial charge in [0.25, 0.3) is 0 Å². The van der Waals surface area contributed by atoms with Crippen molar-refractivity contribution in [2.45, 2.75) is 52.3 Å². The van der Waals surface area contributed by atoms with Crippen LogP contribution in [0.2, 0.25) is 0 Å². The van der Waals surface area contributed by atoms with E-state index in [1.807, 2.05) is 30.6 Å². The molecule has 4 heterocycles. The Morgan fingerprint density at radius 3 is 2.57 bits per heavy atom. The van der Waals surface area contributed by atoms with Crippen molar-refractivity contribution in [1.29, 1.82) is 0 Å². The second-order valence-electron chi connectivity index (χ2n) is 9.96. The Labute approximate surface area is 215 Å². The summed E-state index contributed by atoms with van der Waals surface area (Å²) in [6.45, 7) is 9.76. The lowest BCUT2D eigenvalue weighted by Gasteiger charge is -2.41. The number of hydrogen-bond acceptors (Lipinski definition) is 12. The second-order valence-corrected chi connectivity index (χ2v) is 9.96. The van der Waals surface area contributed by atoms with Gasteiger partial charge in [-0.1, -0.05) is 0 Å². The van der Waals surface area contributed by atoms with Crippen LogP contribution in [0, 0.1) is 0 Å². The third-order valence-corrected chi connectivity index (χ3v) is 6.11. The van der Waals surface area contributed by atoms with Gasteiger partial charge in [-0.25, -0.2) is 24.5 Å². The first-order chi connectivity index (χ1) is 17.6. The van der Waals surface area contributed by atoms with E-state index < -0.39 is 11.6 Å². The summed E-state index contributed by atoms with van der Waals surface area (Å²) in [6.07, 6.45) is 3.37. The zero-order chi connectivity index (χ0) is 26.7. The van der Waals surface area contributed by atoms with Crippen molar-refractivity contribution in [2.24, 2.45) is 0 Å². The van der Waals surface area contributed by atoms with Gasteiger partial charge in [-0.3, -0.25) is 0 Å². The number of nitrogens with zero attached hydrogens (tertiary/aromatic N) is 7. The molecule has 2 aromatic heterocycles. The number of nitrogen functional groups attached to an aromatic ring is 1. The lowest BCUT2D eigenvalue weighted by atomic mass is 10.1. The van der Waals surface area contributed by atoms with Crippen LogP contribution in [0.1, 0.15) is 49.3 Å². The first kappa shape index (κ1) is 26.3. The molecule has 0 aliphatic carbocycles. The Bertz CT molecular complexity index is 1150. The molecule has 1 atom stereocenters. The summed E-state index contributed by atoms with van der Waals surface area (Å²) in [6, 6.07) is -0.330. The van der Waals surface area contributed by atoms with Crippen LogP contribution in [0.3, 0.4) is 0 Å². The maximum atomic E-state index is 12.4. The minimum absolute atomic E-state index is 0.0287. The van der Waals surface area contributed by atoms with E-state index in [2.05, 4.69) is 15.0 Å². The SMILES string of the molecule is CCOC(=O)c1cnc(N2CCN(c3ncc4c(n3)CCN(C(=O)OC(C)(C)C)C4)C[C@@H]2CO)nc1N. The van der Waals surface area contributed by atoms with E-state index >= 15 is 0 Å². The number of hydrogen-bond donors (Lipinski definition) is 2. The van der Waals surface area contributed by atoms with Crippen molar-refractivity contribution in [3.05, 3.63) is 29.2 Å². The predicted octanol–water partition coefficient (Wildman–Crippen LogP) is 1.01. The summed E-state index contributed by atoms with van der Waals surface area (Å²) in [4.78, 5) is 47.9. The third kappa shape index (κ3) is 5.98. The lowest BCUT2D eigenvalue weighted by molar-refractivity contribution is 0.0222. The number of piperazine rings is 1. The largest absolute Gasteiger partial charge is 0.462 e. The van der Waals surface area contributed by atoms with Crippen LogP contribution in [0.15, 0.2) is 12.4 Å². The number of ether oxygens (including phenoxy) is 2. The van der Waals surface area contributed by atoms with Crippen molar-refractivity contribution in [1.82, 2.24) is 24.8 Å². The Morgan fingerprint density at radius 2 is 1.89 bits per heavy atom. The van der Waals surface area contributed by atoms with Gasteiger partial charge >= 0.3 is 12.1 Å². The van der Waals surface area contributed by atoms with E-state index in [1.54, 1.807) is 18.0 Å². The fourth-order valence-electron chi connectivity index (χ4n) is 4.29. The number of fused-ring (bicyclic) bond motifs is 1. The van der Waals surface area contributed by atoms with Crippen molar-refractivity contribution in [3.63, 3.8) is 0 Å². The van der Waals surface area contributed by atoms with Gasteiger partial charge in [0.2, 0.25) is 11.9 Å². The van der Waals surface area contributed by atoms with Gasteiger partial charge < -0.3 is 35.0 Å². The monoisotopic (exact) mass is 514 g/mol. The van der Waals surface area contributed by atoms with Gasteiger partial charge in [0.1, 0.15) is 17.0 Å². The molecule has 0 unspecified atom stereocenters. The molecule has 2 aromatic rings. The van der Waals surface area contributed by atoms with Crippen LogP contribution in [0.5, 0.6) is 0 Å². The number of anilines is 3. The van der Waals surface area contributed by atoms with E-state index in [0.717, 1.165) is 11.3 Å². The van der Waals surface area contributed by atoms with Gasteiger partial charge in [0, 0.05) is 50.6 Å². The smallest absolute Gasteiger partial charge is 0.410 e. The maximum absolute atomic E-state index is 12.4. The molecular weight excluding hydrogens is 480 g/mol. The van der Waals surface area contributed by atoms with Crippen LogP contribution < -0.4 is 15.5 Å². The Kier molecular flexibility index (Phi) is 7.62. The Balaban J connectivity index is 1.43. The summed E-state index contributed by atoms with van der Waals surface area (Å²) in [5.41, 5.74) is 7.33. The first-order valence-corrected chi connectivity index (χ1v) is 12.3. The molecule has 1 amide bonds. The molecule has 37 heavy (non-hydrogen) atoms. The Hall–Kier alpha value is -3.74. The number of esters is 1. The minimum Gasteiger partial charge on any atom is -0.462 e. The summed E-state index contributed by atoms with van der Waals surface area (Å²) in [5.74, 6) is 0.355. The highest BCUT2D eigenvalue weighted by Gasteiger charge is 2.32. The average Bonchev–Trinajstić information content (AvgIpc) is 2.86. The first-order valence-electron chi connectivity index (χ1n) is 12.3. The zero-order valence-electron chi connectivity index (χ0n) is 21.7. The molecule has 0 bridgehead atoms. The zero-order valence-corrected chi connectivity index (χ0v) is 21.7. The van der Waals surface area contributed by atoms with E-state index in [1.165, 1.54) is 6.20 Å². The summed E-state index contributed by atoms with van der Waals surface area (Å²) in [7, 11) is 0. The molecule has 0 radical (unpaired) electrons. The number of rotatable bonds is 5. The number of aliphatic hydroxyl groups is 1. The lowest BCUT2D eigenvalue weighted by Crippen LogP contribution is -2.56. The number of aliphatic hydroxyl groups excluding tert-OH is 1. The standard InChI is InChI=1S/C24H34N8O5/c1-5-36-20(34)17-11-27-22(29-19(17)25)32-9-8-30(13-16(32)14-33)21-26-10-15-12-31(7-6-18(15)28-21)23(35)37-24(2,3)4/h10-11,16,33H,5-9,12-14H2,1-4H3,(H2,25,27,29)/t16-/m1/s1. The normalized spacial score (nSPS) is 17.9. The van der Waals surface area contributed by atoms with E-state index in [4.69, 9.17) is 20.2 Å². The van der Waals surface area contributed by atoms with Crippen LogP contribution in [-0.2, 0) is 22.4 Å². The molecule has 0 aromatic carbocycles. The van der Waals surface area contributed by atoms with E-state index in [-0.39, 0.29) is 36.7 Å². The van der Waals surface area contributed by atoms with Gasteiger partial charge in [-0.05, 0) is 27.7 Å². The van der Waals surface area contributed by atoms with Gasteiger partial charge in [-0.15, -0.1) is 0 Å². The van der Waals surface area contributed by atoms with Gasteiger partial charge in [0.05, 0.1) is 31.5 Å². The van der Waals surface area contributed by atoms with E-state index in [0.29, 0.717) is 51.0 Å². The van der Waals surface area contributed by atoms with E-state index in [9.17, 15) is 14.7 Å². The van der Waals surface area contributed by atoms with Crippen LogP contribution >= 0.6 is 0 Å². The molecule has 2 aliphatic rings. The average molecular weight is 515 g/mol. The highest BCUT2D eigenvalue weighted by atomic mass is 16.6. The number of aromatic nitrogens is 4. The van der Waals surface area contributed by atoms with Crippen LogP contribution in [0.4, 0.5) is 22.5 Å². The van der Waals surface area contributed by atoms with Crippen molar-refractivity contribution in [3.8, 4) is 0 Å². The van der Waals surface area contributed by atoms with Crippen molar-refractivity contribution < 1.29 is 24.2 Å². The number of carbonyl (C=O) groups is 2. The molecule has 200 valence electrons. The topological polar surface area (TPSA) is 160 Å². The van der Waals surface area contributed by atoms with Gasteiger partial charge in [-0.2, -0.15) is 4.98 Å². The number of nitrogens with two attached hydrogens (primary N) is 1. The molecular formula is C24H34N8O5. The molecule has 13 nitrogen and oxygen atoms in total. The molecule has 0 spiro atoms. The molecule has 4 rings (SSSR count). The van der Waals surface area contributed by atoms with Crippen molar-refractivity contribution in [2.75, 3.05) is 54.9 Å². The maximum Gasteiger partial charge on any atom is 0.410 e. The third-order valence-electron chi connectivity index (χ3n) is 6.11. The van der Waals surface area contributed by atoms with Gasteiger partial charge in [0.15, 0.2) is 0 Å². The number of carbonyl (C=O) groups excluding carboxylic acids is 2. The summed E-state index contributed by atoms with van der Waals surface area (Å²) >= 11 is 0. The molecule has 1 saturated heterocycles. The molecule has 1 fully saturated rings. The molecule has 0 saturated carbocycles. The van der Waals surface area contributed by atoms with Crippen LogP contribution in [-0.4, -0.2) is 93.0 Å². The highest BCUT2D eigenvalue weighted by Crippen LogP contribution is 2.24. The Morgan fingerprint density at radius 1 is 1.14 bits per heavy atom. The summed E-state index contributed by atoms with van der Waals surface area (Å²) in [5, 5.41) is 10.1.